The number of piperidine rings is 1. The van der Waals surface area contributed by atoms with E-state index in [4.69, 9.17) is 15.7 Å². The number of rotatable bonds is 4. The summed E-state index contributed by atoms with van der Waals surface area (Å²) in [6.45, 7) is 3.35. The number of nitrogens with one attached hydrogen (secondary N) is 2. The SMILES string of the molecule is Nc1nc(Sc2nc(C[NH+]3CCCCC3)nc3sc4c(c23)CCCC4)n[nH]1. The Morgan fingerprint density at radius 3 is 2.70 bits per heavy atom. The van der Waals surface area contributed by atoms with E-state index in [0.29, 0.717) is 11.1 Å². The quantitative estimate of drug-likeness (QED) is 0.578. The predicted octanol–water partition coefficient (Wildman–Crippen LogP) is 1.99. The van der Waals surface area contributed by atoms with Crippen LogP contribution in [0.2, 0.25) is 0 Å². The second kappa shape index (κ2) is 7.37. The van der Waals surface area contributed by atoms with Crippen molar-refractivity contribution < 1.29 is 4.90 Å². The number of quaternary nitrogens is 1. The summed E-state index contributed by atoms with van der Waals surface area (Å²) in [4.78, 5) is 18.5. The van der Waals surface area contributed by atoms with E-state index in [9.17, 15) is 0 Å². The van der Waals surface area contributed by atoms with Crippen molar-refractivity contribution >= 4 is 39.3 Å². The van der Waals surface area contributed by atoms with Crippen molar-refractivity contribution in [2.45, 2.75) is 61.7 Å². The molecule has 0 bridgehead atoms. The van der Waals surface area contributed by atoms with Crippen LogP contribution in [0.5, 0.6) is 0 Å². The van der Waals surface area contributed by atoms with E-state index in [1.807, 2.05) is 11.3 Å². The summed E-state index contributed by atoms with van der Waals surface area (Å²) in [5.74, 6) is 1.29. The van der Waals surface area contributed by atoms with E-state index in [1.54, 1.807) is 4.90 Å². The third kappa shape index (κ3) is 3.55. The molecule has 5 rings (SSSR count). The topological polar surface area (TPSA) is 97.8 Å². The first kappa shape index (κ1) is 17.4. The zero-order chi connectivity index (χ0) is 18.2. The fraction of sp³-hybridized carbons (Fsp3) is 0.556. The number of fused-ring (bicyclic) bond motifs is 3. The second-order valence-corrected chi connectivity index (χ2v) is 9.47. The number of hydrogen-bond acceptors (Lipinski definition) is 7. The number of aryl methyl sites for hydroxylation is 2. The highest BCUT2D eigenvalue weighted by molar-refractivity contribution is 7.99. The molecule has 1 fully saturated rings. The Bertz CT molecular complexity index is 958. The van der Waals surface area contributed by atoms with Gasteiger partial charge in [-0.2, -0.15) is 4.98 Å². The first-order valence-corrected chi connectivity index (χ1v) is 11.4. The van der Waals surface area contributed by atoms with E-state index in [-0.39, 0.29) is 0 Å². The molecule has 4 heterocycles. The van der Waals surface area contributed by atoms with E-state index in [1.165, 1.54) is 79.2 Å². The summed E-state index contributed by atoms with van der Waals surface area (Å²) >= 11 is 3.36. The fourth-order valence-corrected chi connectivity index (χ4v) is 6.39. The molecular formula is C18H24N7S2+. The lowest BCUT2D eigenvalue weighted by Crippen LogP contribution is -3.11. The average Bonchev–Trinajstić information content (AvgIpc) is 3.25. The Kier molecular flexibility index (Phi) is 4.75. The largest absolute Gasteiger partial charge is 0.368 e. The Labute approximate surface area is 166 Å². The van der Waals surface area contributed by atoms with Crippen molar-refractivity contribution in [3.05, 3.63) is 16.3 Å². The van der Waals surface area contributed by atoms with E-state index in [2.05, 4.69) is 15.2 Å². The van der Waals surface area contributed by atoms with Crippen molar-refractivity contribution in [1.29, 1.82) is 0 Å². The molecule has 0 amide bonds. The maximum absolute atomic E-state index is 5.71. The van der Waals surface area contributed by atoms with Gasteiger partial charge in [0.1, 0.15) is 16.4 Å². The number of nitrogens with two attached hydrogens (primary N) is 1. The molecule has 1 aliphatic heterocycles. The minimum absolute atomic E-state index is 0.341. The van der Waals surface area contributed by atoms with Crippen molar-refractivity contribution in [3.8, 4) is 0 Å². The molecule has 142 valence electrons. The molecule has 3 aromatic rings. The second-order valence-electron chi connectivity index (χ2n) is 7.43. The monoisotopic (exact) mass is 402 g/mol. The van der Waals surface area contributed by atoms with Crippen LogP contribution in [0.25, 0.3) is 10.2 Å². The highest BCUT2D eigenvalue weighted by atomic mass is 32.2. The summed E-state index contributed by atoms with van der Waals surface area (Å²) in [5, 5.41) is 9.76. The molecule has 1 saturated heterocycles. The molecule has 4 N–H and O–H groups in total. The lowest BCUT2D eigenvalue weighted by molar-refractivity contribution is -0.919. The summed E-state index contributed by atoms with van der Waals surface area (Å²) < 4.78 is 0. The van der Waals surface area contributed by atoms with Gasteiger partial charge in [-0.05, 0) is 62.3 Å². The van der Waals surface area contributed by atoms with Gasteiger partial charge in [0.15, 0.2) is 5.82 Å². The van der Waals surface area contributed by atoms with E-state index in [0.717, 1.165) is 28.6 Å². The maximum Gasteiger partial charge on any atom is 0.216 e. The summed E-state index contributed by atoms with van der Waals surface area (Å²) in [7, 11) is 0. The average molecular weight is 403 g/mol. The summed E-state index contributed by atoms with van der Waals surface area (Å²) in [5.41, 5.74) is 7.16. The Morgan fingerprint density at radius 1 is 1.04 bits per heavy atom. The Balaban J connectivity index is 1.56. The van der Waals surface area contributed by atoms with Gasteiger partial charge < -0.3 is 10.6 Å². The van der Waals surface area contributed by atoms with Crippen LogP contribution in [0, 0.1) is 0 Å². The Morgan fingerprint density at radius 2 is 1.89 bits per heavy atom. The zero-order valence-corrected chi connectivity index (χ0v) is 16.9. The molecule has 27 heavy (non-hydrogen) atoms. The van der Waals surface area contributed by atoms with Gasteiger partial charge in [-0.3, -0.25) is 0 Å². The molecular weight excluding hydrogens is 378 g/mol. The molecule has 0 unspecified atom stereocenters. The van der Waals surface area contributed by atoms with Crippen molar-refractivity contribution in [3.63, 3.8) is 0 Å². The minimum Gasteiger partial charge on any atom is -0.368 e. The number of hydrogen-bond donors (Lipinski definition) is 3. The molecule has 0 atom stereocenters. The lowest BCUT2D eigenvalue weighted by atomic mass is 9.97. The molecule has 1 aliphatic carbocycles. The van der Waals surface area contributed by atoms with Gasteiger partial charge in [0.05, 0.1) is 13.1 Å². The third-order valence-electron chi connectivity index (χ3n) is 5.47. The molecule has 3 aromatic heterocycles. The number of nitrogens with zero attached hydrogens (tertiary/aromatic N) is 4. The number of aromatic nitrogens is 5. The summed E-state index contributed by atoms with van der Waals surface area (Å²) in [6.07, 6.45) is 8.79. The van der Waals surface area contributed by atoms with Crippen LogP contribution in [0.3, 0.4) is 0 Å². The highest BCUT2D eigenvalue weighted by Crippen LogP contribution is 2.40. The van der Waals surface area contributed by atoms with Crippen LogP contribution in [0.1, 0.15) is 48.4 Å². The molecule has 0 saturated carbocycles. The van der Waals surface area contributed by atoms with Crippen LogP contribution in [0.15, 0.2) is 10.2 Å². The molecule has 2 aliphatic rings. The lowest BCUT2D eigenvalue weighted by Gasteiger charge is -2.22. The smallest absolute Gasteiger partial charge is 0.216 e. The van der Waals surface area contributed by atoms with Gasteiger partial charge in [-0.15, -0.1) is 16.4 Å². The Hall–Kier alpha value is -1.71. The zero-order valence-electron chi connectivity index (χ0n) is 15.3. The minimum atomic E-state index is 0.341. The third-order valence-corrected chi connectivity index (χ3v) is 7.51. The number of H-pyrrole nitrogens is 1. The van der Waals surface area contributed by atoms with Gasteiger partial charge in [-0.25, -0.2) is 15.1 Å². The maximum atomic E-state index is 5.71. The van der Waals surface area contributed by atoms with Crippen molar-refractivity contribution in [1.82, 2.24) is 25.1 Å². The summed E-state index contributed by atoms with van der Waals surface area (Å²) in [6, 6.07) is 0. The van der Waals surface area contributed by atoms with Crippen LogP contribution in [-0.4, -0.2) is 38.2 Å². The van der Waals surface area contributed by atoms with Gasteiger partial charge in [0, 0.05) is 10.3 Å². The van der Waals surface area contributed by atoms with Crippen molar-refractivity contribution in [2.24, 2.45) is 0 Å². The highest BCUT2D eigenvalue weighted by Gasteiger charge is 2.24. The van der Waals surface area contributed by atoms with Gasteiger partial charge in [0.25, 0.3) is 0 Å². The molecule has 0 radical (unpaired) electrons. The van der Waals surface area contributed by atoms with E-state index >= 15 is 0 Å². The molecule has 0 aromatic carbocycles. The van der Waals surface area contributed by atoms with Crippen LogP contribution in [0.4, 0.5) is 5.95 Å². The molecule has 7 nitrogen and oxygen atoms in total. The first-order valence-electron chi connectivity index (χ1n) is 9.77. The van der Waals surface area contributed by atoms with Crippen LogP contribution in [-0.2, 0) is 19.4 Å². The number of nitrogen functional groups attached to an aromatic ring is 1. The normalized spacial score (nSPS) is 18.1. The number of aromatic amines is 1. The number of likely N-dealkylation sites (tertiary alicyclic amines) is 1. The number of anilines is 1. The first-order chi connectivity index (χ1) is 13.3. The predicted molar refractivity (Wildman–Crippen MR) is 107 cm³/mol. The van der Waals surface area contributed by atoms with Gasteiger partial charge in [-0.1, -0.05) is 0 Å². The van der Waals surface area contributed by atoms with Gasteiger partial charge >= 0.3 is 0 Å². The fourth-order valence-electron chi connectivity index (χ4n) is 4.16. The number of thiophene rings is 1. The van der Waals surface area contributed by atoms with Gasteiger partial charge in [0.2, 0.25) is 11.1 Å². The molecule has 0 spiro atoms. The van der Waals surface area contributed by atoms with Crippen molar-refractivity contribution in [2.75, 3.05) is 18.8 Å². The molecule has 9 heteroatoms. The van der Waals surface area contributed by atoms with Crippen LogP contribution < -0.4 is 10.6 Å². The van der Waals surface area contributed by atoms with Crippen LogP contribution >= 0.6 is 23.1 Å². The standard InChI is InChI=1S/C18H23N7S2/c19-17-22-18(24-23-17)27-16-14-11-6-2-3-7-12(11)26-15(14)20-13(21-16)10-25-8-4-1-5-9-25/h1-10H2,(H3,19,22,23,24)/p+1. The van der Waals surface area contributed by atoms with E-state index < -0.39 is 0 Å².